The van der Waals surface area contributed by atoms with Crippen LogP contribution in [0, 0.1) is 5.92 Å². The number of urea groups is 1. The fraction of sp³-hybridized carbons (Fsp3) is 0.529. The van der Waals surface area contributed by atoms with E-state index in [1.54, 1.807) is 4.90 Å². The normalized spacial score (nSPS) is 21.5. The number of fused-ring (bicyclic) bond motifs is 1. The largest absolute Gasteiger partial charge is 0.351 e. The van der Waals surface area contributed by atoms with E-state index in [9.17, 15) is 9.59 Å². The Morgan fingerprint density at radius 1 is 1.18 bits per heavy atom. The molecule has 0 radical (unpaired) electrons. The summed E-state index contributed by atoms with van der Waals surface area (Å²) in [5.74, 6) is 0.208. The lowest BCUT2D eigenvalue weighted by atomic mass is 9.94. The first-order valence-electron chi connectivity index (χ1n) is 7.97. The highest BCUT2D eigenvalue weighted by atomic mass is 16.2. The van der Waals surface area contributed by atoms with Gasteiger partial charge in [0.05, 0.1) is 6.04 Å². The lowest BCUT2D eigenvalue weighted by Crippen LogP contribution is -2.45. The van der Waals surface area contributed by atoms with Gasteiger partial charge >= 0.3 is 6.03 Å². The van der Waals surface area contributed by atoms with Crippen LogP contribution in [0.5, 0.6) is 0 Å². The third-order valence-electron chi connectivity index (χ3n) is 5.07. The summed E-state index contributed by atoms with van der Waals surface area (Å²) in [5, 5.41) is 0. The van der Waals surface area contributed by atoms with E-state index in [1.807, 2.05) is 18.0 Å². The number of carbonyl (C=O) groups is 2. The van der Waals surface area contributed by atoms with Gasteiger partial charge in [-0.2, -0.15) is 0 Å². The molecule has 2 aliphatic rings. The summed E-state index contributed by atoms with van der Waals surface area (Å²) >= 11 is 0. The summed E-state index contributed by atoms with van der Waals surface area (Å²) in [4.78, 5) is 27.5. The number of hydrogen-bond donors (Lipinski definition) is 1. The molecular formula is C17H23N3O2. The highest BCUT2D eigenvalue weighted by Crippen LogP contribution is 2.36. The first-order valence-corrected chi connectivity index (χ1v) is 7.97. The number of piperidine rings is 1. The van der Waals surface area contributed by atoms with Gasteiger partial charge < -0.3 is 15.5 Å². The highest BCUT2D eigenvalue weighted by Gasteiger charge is 2.33. The van der Waals surface area contributed by atoms with Crippen molar-refractivity contribution >= 4 is 11.9 Å². The zero-order chi connectivity index (χ0) is 15.7. The van der Waals surface area contributed by atoms with Crippen molar-refractivity contribution in [3.63, 3.8) is 0 Å². The smallest absolute Gasteiger partial charge is 0.314 e. The maximum absolute atomic E-state index is 12.8. The van der Waals surface area contributed by atoms with Gasteiger partial charge in [0.15, 0.2) is 0 Å². The van der Waals surface area contributed by atoms with Crippen molar-refractivity contribution in [1.29, 1.82) is 0 Å². The van der Waals surface area contributed by atoms with E-state index in [0.29, 0.717) is 25.9 Å². The second-order valence-corrected chi connectivity index (χ2v) is 6.30. The lowest BCUT2D eigenvalue weighted by molar-refractivity contribution is -0.137. The van der Waals surface area contributed by atoms with Crippen LogP contribution in [0.25, 0.3) is 0 Å². The monoisotopic (exact) mass is 301 g/mol. The molecule has 1 aliphatic carbocycles. The minimum atomic E-state index is -0.385. The zero-order valence-electron chi connectivity index (χ0n) is 13.0. The van der Waals surface area contributed by atoms with Gasteiger partial charge in [0, 0.05) is 26.1 Å². The van der Waals surface area contributed by atoms with Gasteiger partial charge in [-0.1, -0.05) is 24.3 Å². The summed E-state index contributed by atoms with van der Waals surface area (Å²) in [6.45, 7) is 1.17. The van der Waals surface area contributed by atoms with E-state index in [2.05, 4.69) is 18.2 Å². The summed E-state index contributed by atoms with van der Waals surface area (Å²) in [6, 6.07) is 8.19. The lowest BCUT2D eigenvalue weighted by Gasteiger charge is -2.34. The number of primary amides is 1. The van der Waals surface area contributed by atoms with Crippen molar-refractivity contribution in [1.82, 2.24) is 9.80 Å². The molecule has 1 aromatic carbocycles. The summed E-state index contributed by atoms with van der Waals surface area (Å²) in [5.41, 5.74) is 7.94. The van der Waals surface area contributed by atoms with Crippen LogP contribution in [-0.2, 0) is 11.2 Å². The van der Waals surface area contributed by atoms with Crippen molar-refractivity contribution in [3.8, 4) is 0 Å². The number of rotatable bonds is 2. The van der Waals surface area contributed by atoms with Crippen molar-refractivity contribution in [2.45, 2.75) is 31.7 Å². The van der Waals surface area contributed by atoms with Gasteiger partial charge in [-0.25, -0.2) is 4.79 Å². The molecule has 1 atom stereocenters. The third kappa shape index (κ3) is 2.67. The third-order valence-corrected chi connectivity index (χ3v) is 5.07. The number of likely N-dealkylation sites (tertiary alicyclic amines) is 1. The number of nitrogens with two attached hydrogens (primary N) is 1. The molecule has 22 heavy (non-hydrogen) atoms. The van der Waals surface area contributed by atoms with Gasteiger partial charge in [0.2, 0.25) is 5.91 Å². The Morgan fingerprint density at radius 2 is 1.86 bits per heavy atom. The topological polar surface area (TPSA) is 66.6 Å². The highest BCUT2D eigenvalue weighted by molar-refractivity contribution is 5.80. The van der Waals surface area contributed by atoms with Crippen LogP contribution < -0.4 is 5.73 Å². The Morgan fingerprint density at radius 3 is 2.55 bits per heavy atom. The predicted octanol–water partition coefficient (Wildman–Crippen LogP) is 1.92. The second-order valence-electron chi connectivity index (χ2n) is 6.30. The zero-order valence-corrected chi connectivity index (χ0v) is 13.0. The fourth-order valence-electron chi connectivity index (χ4n) is 3.73. The molecule has 3 rings (SSSR count). The minimum absolute atomic E-state index is 0.00774. The van der Waals surface area contributed by atoms with Gasteiger partial charge in [-0.3, -0.25) is 4.79 Å². The fourth-order valence-corrected chi connectivity index (χ4v) is 3.73. The van der Waals surface area contributed by atoms with Crippen molar-refractivity contribution < 1.29 is 9.59 Å². The number of benzene rings is 1. The molecule has 5 nitrogen and oxygen atoms in total. The average molecular weight is 301 g/mol. The summed E-state index contributed by atoms with van der Waals surface area (Å²) in [7, 11) is 1.91. The minimum Gasteiger partial charge on any atom is -0.351 e. The first kappa shape index (κ1) is 14.9. The molecule has 1 fully saturated rings. The van der Waals surface area contributed by atoms with E-state index in [0.717, 1.165) is 12.8 Å². The number of aryl methyl sites for hydroxylation is 1. The molecular weight excluding hydrogens is 278 g/mol. The van der Waals surface area contributed by atoms with Gasteiger partial charge in [-0.15, -0.1) is 0 Å². The Kier molecular flexibility index (Phi) is 4.05. The van der Waals surface area contributed by atoms with Crippen LogP contribution in [0.15, 0.2) is 24.3 Å². The number of amides is 3. The maximum Gasteiger partial charge on any atom is 0.314 e. The molecule has 0 unspecified atom stereocenters. The standard InChI is InChI=1S/C17H23N3O2/c1-19(15-7-6-12-4-2-3-5-14(12)15)16(21)13-8-10-20(11-9-13)17(18)22/h2-5,13,15H,6-11H2,1H3,(H2,18,22)/t15-/m0/s1. The molecule has 3 amide bonds. The number of carbonyl (C=O) groups excluding carboxylic acids is 2. The van der Waals surface area contributed by atoms with E-state index in [-0.39, 0.29) is 23.9 Å². The Bertz CT molecular complexity index is 579. The molecule has 1 saturated heterocycles. The summed E-state index contributed by atoms with van der Waals surface area (Å²) < 4.78 is 0. The van der Waals surface area contributed by atoms with Crippen molar-refractivity contribution in [2.75, 3.05) is 20.1 Å². The van der Waals surface area contributed by atoms with Crippen LogP contribution in [0.4, 0.5) is 4.79 Å². The quantitative estimate of drug-likeness (QED) is 0.907. The molecule has 0 bridgehead atoms. The Hall–Kier alpha value is -2.04. The van der Waals surface area contributed by atoms with E-state index < -0.39 is 0 Å². The van der Waals surface area contributed by atoms with Crippen LogP contribution in [0.3, 0.4) is 0 Å². The molecule has 5 heteroatoms. The molecule has 1 aliphatic heterocycles. The molecule has 2 N–H and O–H groups in total. The number of nitrogens with zero attached hydrogens (tertiary/aromatic N) is 2. The van der Waals surface area contributed by atoms with Gasteiger partial charge in [0.25, 0.3) is 0 Å². The molecule has 0 saturated carbocycles. The Balaban J connectivity index is 1.65. The van der Waals surface area contributed by atoms with Crippen molar-refractivity contribution in [3.05, 3.63) is 35.4 Å². The maximum atomic E-state index is 12.8. The van der Waals surface area contributed by atoms with Crippen LogP contribution in [-0.4, -0.2) is 41.9 Å². The van der Waals surface area contributed by atoms with Crippen LogP contribution in [0.1, 0.15) is 36.4 Å². The predicted molar refractivity (Wildman–Crippen MR) is 84.2 cm³/mol. The first-order chi connectivity index (χ1) is 10.6. The Labute approximate surface area is 131 Å². The van der Waals surface area contributed by atoms with E-state index >= 15 is 0 Å². The molecule has 1 aromatic rings. The number of hydrogen-bond acceptors (Lipinski definition) is 2. The van der Waals surface area contributed by atoms with Crippen LogP contribution >= 0.6 is 0 Å². The van der Waals surface area contributed by atoms with Gasteiger partial charge in [-0.05, 0) is 36.8 Å². The van der Waals surface area contributed by atoms with E-state index in [1.165, 1.54) is 11.1 Å². The summed E-state index contributed by atoms with van der Waals surface area (Å²) in [6.07, 6.45) is 3.46. The van der Waals surface area contributed by atoms with Gasteiger partial charge in [0.1, 0.15) is 0 Å². The SMILES string of the molecule is CN(C(=O)C1CCN(C(N)=O)CC1)[C@H]1CCc2ccccc21. The van der Waals surface area contributed by atoms with Crippen LogP contribution in [0.2, 0.25) is 0 Å². The second kappa shape index (κ2) is 5.99. The van der Waals surface area contributed by atoms with Crippen molar-refractivity contribution in [2.24, 2.45) is 11.7 Å². The molecule has 0 spiro atoms. The molecule has 1 heterocycles. The average Bonchev–Trinajstić information content (AvgIpc) is 2.97. The molecule has 0 aromatic heterocycles. The van der Waals surface area contributed by atoms with E-state index in [4.69, 9.17) is 5.73 Å². The molecule has 118 valence electrons.